The molecule has 3 heterocycles. The number of anilines is 1. The van der Waals surface area contributed by atoms with Gasteiger partial charge in [-0.15, -0.1) is 0 Å². The van der Waals surface area contributed by atoms with Crippen LogP contribution in [0.5, 0.6) is 5.75 Å². The first-order valence-electron chi connectivity index (χ1n) is 8.93. The van der Waals surface area contributed by atoms with Crippen LogP contribution in [0.25, 0.3) is 11.2 Å². The van der Waals surface area contributed by atoms with Gasteiger partial charge in [0.1, 0.15) is 12.1 Å². The normalized spacial score (nSPS) is 12.8. The molecule has 3 N–H and O–H groups in total. The molecule has 2 aromatic heterocycles. The maximum atomic E-state index is 11.6. The molecule has 1 aliphatic heterocycles. The molecule has 10 heteroatoms. The van der Waals surface area contributed by atoms with Crippen molar-refractivity contribution < 1.29 is 9.53 Å². The van der Waals surface area contributed by atoms with Gasteiger partial charge >= 0.3 is 0 Å². The highest BCUT2D eigenvalue weighted by molar-refractivity contribution is 14.1. The van der Waals surface area contributed by atoms with Gasteiger partial charge in [-0.1, -0.05) is 18.7 Å². The van der Waals surface area contributed by atoms with Crippen molar-refractivity contribution in [1.29, 1.82) is 0 Å². The van der Waals surface area contributed by atoms with Crippen molar-refractivity contribution in [3.8, 4) is 5.75 Å². The summed E-state index contributed by atoms with van der Waals surface area (Å²) in [4.78, 5) is 25.7. The average molecular weight is 510 g/mol. The zero-order valence-electron chi connectivity index (χ0n) is 15.2. The molecule has 146 valence electrons. The Morgan fingerprint density at radius 2 is 2.29 bits per heavy atom. The van der Waals surface area contributed by atoms with E-state index in [1.165, 1.54) is 23.7 Å². The van der Waals surface area contributed by atoms with Crippen LogP contribution in [0.4, 0.5) is 5.82 Å². The minimum Gasteiger partial charge on any atom is -0.493 e. The van der Waals surface area contributed by atoms with Gasteiger partial charge in [-0.25, -0.2) is 15.0 Å². The van der Waals surface area contributed by atoms with Crippen LogP contribution in [0, 0.1) is 3.57 Å². The summed E-state index contributed by atoms with van der Waals surface area (Å²) in [5.74, 6) is 1.29. The number of nitrogen functional groups attached to an aromatic ring is 1. The lowest BCUT2D eigenvalue weighted by atomic mass is 10.2. The number of benzene rings is 1. The fourth-order valence-corrected chi connectivity index (χ4v) is 4.80. The van der Waals surface area contributed by atoms with E-state index in [1.54, 1.807) is 0 Å². The van der Waals surface area contributed by atoms with Crippen molar-refractivity contribution in [3.05, 3.63) is 27.6 Å². The van der Waals surface area contributed by atoms with E-state index in [9.17, 15) is 4.79 Å². The number of rotatable bonds is 6. The Morgan fingerprint density at radius 3 is 3.11 bits per heavy atom. The molecule has 0 atom stereocenters. The van der Waals surface area contributed by atoms with Gasteiger partial charge in [-0.2, -0.15) is 0 Å². The standard InChI is InChI=1S/C18H19IN6O2S/c1-2-14(26)21-4-5-25-17-15(16(20)22-9-23-17)24-18(25)28-13-8-12-10(3-6-27-12)7-11(13)19/h7-9H,2-6H2,1H3,(H,21,26)(H2,20,22,23). The minimum absolute atomic E-state index is 0.0121. The summed E-state index contributed by atoms with van der Waals surface area (Å²) in [5, 5.41) is 3.65. The molecular weight excluding hydrogens is 491 g/mol. The first kappa shape index (κ1) is 19.2. The van der Waals surface area contributed by atoms with Gasteiger partial charge in [0.05, 0.1) is 6.61 Å². The Morgan fingerprint density at radius 1 is 1.43 bits per heavy atom. The molecule has 1 aliphatic rings. The fraction of sp³-hybridized carbons (Fsp3) is 0.333. The van der Waals surface area contributed by atoms with E-state index in [0.717, 1.165) is 32.4 Å². The number of nitrogens with zero attached hydrogens (tertiary/aromatic N) is 4. The van der Waals surface area contributed by atoms with E-state index < -0.39 is 0 Å². The van der Waals surface area contributed by atoms with Crippen LogP contribution in [-0.2, 0) is 17.8 Å². The summed E-state index contributed by atoms with van der Waals surface area (Å²) in [6.07, 6.45) is 2.83. The molecule has 28 heavy (non-hydrogen) atoms. The van der Waals surface area contributed by atoms with Gasteiger partial charge in [0.2, 0.25) is 5.91 Å². The number of carbonyl (C=O) groups is 1. The summed E-state index contributed by atoms with van der Waals surface area (Å²) in [6, 6.07) is 4.22. The van der Waals surface area contributed by atoms with E-state index >= 15 is 0 Å². The van der Waals surface area contributed by atoms with Crippen LogP contribution in [-0.4, -0.2) is 38.6 Å². The SMILES string of the molecule is CCC(=O)NCCn1c(Sc2cc3c(cc2I)CCO3)nc2c(N)ncnc21. The molecule has 1 aromatic carbocycles. The van der Waals surface area contributed by atoms with Gasteiger partial charge in [0, 0.05) is 34.4 Å². The Labute approximate surface area is 179 Å². The van der Waals surface area contributed by atoms with Gasteiger partial charge in [-0.05, 0) is 40.3 Å². The number of halogens is 1. The molecule has 3 aromatic rings. The Hall–Kier alpha value is -2.08. The van der Waals surface area contributed by atoms with Crippen molar-refractivity contribution in [2.75, 3.05) is 18.9 Å². The number of fused-ring (bicyclic) bond motifs is 2. The molecule has 4 rings (SSSR count). The molecule has 0 fully saturated rings. The minimum atomic E-state index is 0.0121. The fourth-order valence-electron chi connectivity index (χ4n) is 3.00. The number of hydrogen-bond donors (Lipinski definition) is 2. The highest BCUT2D eigenvalue weighted by Gasteiger charge is 2.20. The smallest absolute Gasteiger partial charge is 0.219 e. The highest BCUT2D eigenvalue weighted by atomic mass is 127. The third-order valence-corrected chi connectivity index (χ3v) is 6.76. The molecular formula is C18H19IN6O2S. The second-order valence-corrected chi connectivity index (χ2v) is 8.44. The van der Waals surface area contributed by atoms with Crippen molar-refractivity contribution in [2.45, 2.75) is 36.4 Å². The summed E-state index contributed by atoms with van der Waals surface area (Å²) in [7, 11) is 0. The lowest BCUT2D eigenvalue weighted by molar-refractivity contribution is -0.120. The molecule has 0 bridgehead atoms. The number of ether oxygens (including phenoxy) is 1. The van der Waals surface area contributed by atoms with Crippen molar-refractivity contribution in [3.63, 3.8) is 0 Å². The Kier molecular flexibility index (Phi) is 5.58. The number of amides is 1. The van der Waals surface area contributed by atoms with Crippen LogP contribution in [0.1, 0.15) is 18.9 Å². The first-order chi connectivity index (χ1) is 13.6. The van der Waals surface area contributed by atoms with Gasteiger partial charge < -0.3 is 20.4 Å². The molecule has 1 amide bonds. The van der Waals surface area contributed by atoms with Crippen molar-refractivity contribution >= 4 is 57.2 Å². The Balaban J connectivity index is 1.69. The second-order valence-electron chi connectivity index (χ2n) is 6.27. The summed E-state index contributed by atoms with van der Waals surface area (Å²) < 4.78 is 8.82. The predicted octanol–water partition coefficient (Wildman–Crippen LogP) is 2.63. The topological polar surface area (TPSA) is 108 Å². The van der Waals surface area contributed by atoms with Gasteiger partial charge in [0.25, 0.3) is 0 Å². The predicted molar refractivity (Wildman–Crippen MR) is 116 cm³/mol. The highest BCUT2D eigenvalue weighted by Crippen LogP contribution is 2.38. The van der Waals surface area contributed by atoms with Crippen LogP contribution >= 0.6 is 34.4 Å². The number of aromatic nitrogens is 4. The number of imidazole rings is 1. The average Bonchev–Trinajstić information content (AvgIpc) is 3.27. The van der Waals surface area contributed by atoms with E-state index in [1.807, 2.05) is 11.5 Å². The van der Waals surface area contributed by atoms with Crippen LogP contribution < -0.4 is 15.8 Å². The van der Waals surface area contributed by atoms with Gasteiger partial charge in [-0.3, -0.25) is 4.79 Å². The van der Waals surface area contributed by atoms with Crippen LogP contribution in [0.3, 0.4) is 0 Å². The maximum Gasteiger partial charge on any atom is 0.219 e. The summed E-state index contributed by atoms with van der Waals surface area (Å²) >= 11 is 3.87. The maximum absolute atomic E-state index is 11.6. The number of hydrogen-bond acceptors (Lipinski definition) is 7. The van der Waals surface area contributed by atoms with Gasteiger partial charge in [0.15, 0.2) is 22.1 Å². The lowest BCUT2D eigenvalue weighted by Crippen LogP contribution is -2.26. The van der Waals surface area contributed by atoms with Crippen LogP contribution in [0.15, 0.2) is 28.5 Å². The second kappa shape index (κ2) is 8.11. The molecule has 0 spiro atoms. The largest absolute Gasteiger partial charge is 0.493 e. The number of carbonyl (C=O) groups excluding carboxylic acids is 1. The number of nitrogens with two attached hydrogens (primary N) is 1. The summed E-state index contributed by atoms with van der Waals surface area (Å²) in [6.45, 7) is 3.58. The summed E-state index contributed by atoms with van der Waals surface area (Å²) in [5.41, 5.74) is 8.47. The number of nitrogens with one attached hydrogen (secondary N) is 1. The molecule has 0 saturated carbocycles. The molecule has 0 saturated heterocycles. The van der Waals surface area contributed by atoms with E-state index in [4.69, 9.17) is 10.5 Å². The van der Waals surface area contributed by atoms with E-state index in [2.05, 4.69) is 55.0 Å². The monoisotopic (exact) mass is 510 g/mol. The van der Waals surface area contributed by atoms with E-state index in [-0.39, 0.29) is 5.91 Å². The van der Waals surface area contributed by atoms with Crippen molar-refractivity contribution in [2.24, 2.45) is 0 Å². The molecule has 0 unspecified atom stereocenters. The quantitative estimate of drug-likeness (QED) is 0.491. The zero-order chi connectivity index (χ0) is 19.7. The third-order valence-electron chi connectivity index (χ3n) is 4.45. The molecule has 0 aliphatic carbocycles. The molecule has 0 radical (unpaired) electrons. The van der Waals surface area contributed by atoms with Crippen LogP contribution in [0.2, 0.25) is 0 Å². The first-order valence-corrected chi connectivity index (χ1v) is 10.8. The third kappa shape index (κ3) is 3.75. The van der Waals surface area contributed by atoms with Crippen molar-refractivity contribution in [1.82, 2.24) is 24.8 Å². The lowest BCUT2D eigenvalue weighted by Gasteiger charge is -2.11. The Bertz CT molecular complexity index is 1050. The van der Waals surface area contributed by atoms with E-state index in [0.29, 0.717) is 36.5 Å². The zero-order valence-corrected chi connectivity index (χ0v) is 18.2. The molecule has 8 nitrogen and oxygen atoms in total.